The van der Waals surface area contributed by atoms with Gasteiger partial charge in [0.15, 0.2) is 5.75 Å². The third-order valence-corrected chi connectivity index (χ3v) is 7.30. The van der Waals surface area contributed by atoms with Crippen molar-refractivity contribution in [3.63, 3.8) is 0 Å². The summed E-state index contributed by atoms with van der Waals surface area (Å²) in [7, 11) is -2.54. The van der Waals surface area contributed by atoms with Crippen LogP contribution in [-0.4, -0.2) is 35.8 Å². The molecule has 2 heterocycles. The number of amides is 1. The summed E-state index contributed by atoms with van der Waals surface area (Å²) >= 11 is 12.2. The predicted octanol–water partition coefficient (Wildman–Crippen LogP) is 3.81. The molecule has 11 heteroatoms. The molecule has 0 bridgehead atoms. The number of nitrogens with one attached hydrogen (secondary N) is 1. The van der Waals surface area contributed by atoms with Crippen LogP contribution in [0.2, 0.25) is 10.0 Å². The monoisotopic (exact) mass is 490 g/mol. The Morgan fingerprint density at radius 3 is 2.59 bits per heavy atom. The minimum atomic E-state index is -3.90. The van der Waals surface area contributed by atoms with Gasteiger partial charge < -0.3 is 10.1 Å². The molecule has 0 fully saturated rings. The van der Waals surface area contributed by atoms with Gasteiger partial charge in [0.25, 0.3) is 5.91 Å². The van der Waals surface area contributed by atoms with E-state index in [0.717, 1.165) is 0 Å². The van der Waals surface area contributed by atoms with Gasteiger partial charge in [-0.3, -0.25) is 9.20 Å². The van der Waals surface area contributed by atoms with Gasteiger partial charge in [-0.1, -0.05) is 35.3 Å². The fourth-order valence-electron chi connectivity index (χ4n) is 3.04. The van der Waals surface area contributed by atoms with Gasteiger partial charge in [-0.2, -0.15) is 0 Å². The van der Waals surface area contributed by atoms with Gasteiger partial charge in [-0.25, -0.2) is 18.4 Å². The number of methoxy groups -OCH3 is 1. The first kappa shape index (κ1) is 22.1. The number of carbonyl (C=O) groups is 1. The predicted molar refractivity (Wildman–Crippen MR) is 119 cm³/mol. The van der Waals surface area contributed by atoms with Gasteiger partial charge in [-0.05, 0) is 29.8 Å². The lowest BCUT2D eigenvalue weighted by atomic mass is 10.2. The number of aromatic nitrogens is 3. The molecule has 0 atom stereocenters. The number of hydrogen-bond donors (Lipinski definition) is 1. The lowest BCUT2D eigenvalue weighted by Gasteiger charge is -2.12. The van der Waals surface area contributed by atoms with Crippen molar-refractivity contribution in [2.75, 3.05) is 7.11 Å². The Morgan fingerprint density at radius 2 is 1.88 bits per heavy atom. The average Bonchev–Trinajstić information content (AvgIpc) is 3.26. The van der Waals surface area contributed by atoms with Crippen LogP contribution in [0.3, 0.4) is 0 Å². The first-order valence-electron chi connectivity index (χ1n) is 9.24. The van der Waals surface area contributed by atoms with E-state index in [1.54, 1.807) is 35.1 Å². The normalized spacial score (nSPS) is 11.5. The second-order valence-corrected chi connectivity index (χ2v) is 9.40. The summed E-state index contributed by atoms with van der Waals surface area (Å²) in [6.45, 7) is 0.205. The molecule has 0 aliphatic carbocycles. The third kappa shape index (κ3) is 4.14. The summed E-state index contributed by atoms with van der Waals surface area (Å²) < 4.78 is 32.8. The molecule has 32 heavy (non-hydrogen) atoms. The summed E-state index contributed by atoms with van der Waals surface area (Å²) in [5.41, 5.74) is 1.09. The summed E-state index contributed by atoms with van der Waals surface area (Å²) in [6.07, 6.45) is 6.36. The number of carbonyl (C=O) groups excluding carboxylic acids is 1. The van der Waals surface area contributed by atoms with Crippen LogP contribution < -0.4 is 10.1 Å². The highest BCUT2D eigenvalue weighted by Crippen LogP contribution is 2.39. The van der Waals surface area contributed by atoms with Gasteiger partial charge in [0, 0.05) is 31.3 Å². The lowest BCUT2D eigenvalue weighted by Crippen LogP contribution is -2.23. The average molecular weight is 491 g/mol. The minimum Gasteiger partial charge on any atom is -0.494 e. The van der Waals surface area contributed by atoms with Crippen LogP contribution in [0.1, 0.15) is 15.9 Å². The zero-order valence-electron chi connectivity index (χ0n) is 16.6. The Bertz CT molecular complexity index is 1420. The van der Waals surface area contributed by atoms with Gasteiger partial charge in [0.05, 0.1) is 27.5 Å². The van der Waals surface area contributed by atoms with Gasteiger partial charge >= 0.3 is 0 Å². The Labute approximate surface area is 193 Å². The van der Waals surface area contributed by atoms with Crippen molar-refractivity contribution in [2.24, 2.45) is 0 Å². The van der Waals surface area contributed by atoms with Crippen LogP contribution in [-0.2, 0) is 16.4 Å². The highest BCUT2D eigenvalue weighted by molar-refractivity contribution is 7.91. The number of rotatable bonds is 6. The zero-order valence-corrected chi connectivity index (χ0v) is 18.9. The molecule has 0 saturated heterocycles. The topological polar surface area (TPSA) is 103 Å². The summed E-state index contributed by atoms with van der Waals surface area (Å²) in [6, 6.07) is 8.89. The number of hydrogen-bond acceptors (Lipinski definition) is 6. The first-order chi connectivity index (χ1) is 15.3. The number of nitrogens with zero attached hydrogens (tertiary/aromatic N) is 3. The van der Waals surface area contributed by atoms with Gasteiger partial charge in [0.2, 0.25) is 15.6 Å². The van der Waals surface area contributed by atoms with E-state index in [4.69, 9.17) is 27.9 Å². The van der Waals surface area contributed by atoms with E-state index in [-0.39, 0.29) is 38.0 Å². The van der Waals surface area contributed by atoms with Crippen molar-refractivity contribution < 1.29 is 17.9 Å². The van der Waals surface area contributed by atoms with Crippen LogP contribution in [0.15, 0.2) is 71.0 Å². The van der Waals surface area contributed by atoms with Crippen molar-refractivity contribution in [1.82, 2.24) is 19.7 Å². The molecule has 0 aliphatic heterocycles. The van der Waals surface area contributed by atoms with Crippen LogP contribution in [0.5, 0.6) is 5.75 Å². The molecule has 2 aromatic carbocycles. The molecule has 4 aromatic rings. The van der Waals surface area contributed by atoms with Crippen molar-refractivity contribution in [3.8, 4) is 5.75 Å². The van der Waals surface area contributed by atoms with E-state index >= 15 is 0 Å². The molecule has 1 N–H and O–H groups in total. The lowest BCUT2D eigenvalue weighted by molar-refractivity contribution is 0.0950. The van der Waals surface area contributed by atoms with Crippen molar-refractivity contribution in [2.45, 2.75) is 16.3 Å². The quantitative estimate of drug-likeness (QED) is 0.440. The standard InChI is InChI=1S/C21H16Cl2N4O4S/c1-31-19-16(22)6-7-17(18(19)23)32(29,30)15-4-2-13(3-5-15)10-25-20(28)14-11-26-21-24-8-9-27(21)12-14/h2-9,11-12H,10H2,1H3,(H,25,28). The summed E-state index contributed by atoms with van der Waals surface area (Å²) in [4.78, 5) is 20.5. The molecular weight excluding hydrogens is 475 g/mol. The van der Waals surface area contributed by atoms with Crippen molar-refractivity contribution in [3.05, 3.63) is 82.4 Å². The van der Waals surface area contributed by atoms with Crippen molar-refractivity contribution >= 4 is 44.7 Å². The smallest absolute Gasteiger partial charge is 0.254 e. The van der Waals surface area contributed by atoms with E-state index in [1.165, 1.54) is 37.6 Å². The second-order valence-electron chi connectivity index (χ2n) is 6.70. The number of benzene rings is 2. The number of fused-ring (bicyclic) bond motifs is 1. The number of sulfone groups is 1. The van der Waals surface area contributed by atoms with Crippen LogP contribution in [0, 0.1) is 0 Å². The van der Waals surface area contributed by atoms with Crippen LogP contribution in [0.25, 0.3) is 5.78 Å². The molecule has 2 aromatic heterocycles. The van der Waals surface area contributed by atoms with Crippen molar-refractivity contribution in [1.29, 1.82) is 0 Å². The molecule has 8 nitrogen and oxygen atoms in total. The second kappa shape index (κ2) is 8.78. The Kier molecular flexibility index (Phi) is 6.05. The number of halogens is 2. The molecule has 0 saturated carbocycles. The van der Waals surface area contributed by atoms with Crippen LogP contribution in [0.4, 0.5) is 0 Å². The maximum atomic E-state index is 13.0. The number of ether oxygens (including phenoxy) is 1. The molecule has 4 rings (SSSR count). The van der Waals surface area contributed by atoms with E-state index in [1.807, 2.05) is 0 Å². The SMILES string of the molecule is COc1c(Cl)ccc(S(=O)(=O)c2ccc(CNC(=O)c3cnc4nccn4c3)cc2)c1Cl. The van der Waals surface area contributed by atoms with Gasteiger partial charge in [0.1, 0.15) is 5.02 Å². The molecule has 0 aliphatic rings. The third-order valence-electron chi connectivity index (χ3n) is 4.70. The zero-order chi connectivity index (χ0) is 22.9. The van der Waals surface area contributed by atoms with Gasteiger partial charge in [-0.15, -0.1) is 0 Å². The summed E-state index contributed by atoms with van der Waals surface area (Å²) in [5, 5.41) is 2.91. The minimum absolute atomic E-state index is 0.0496. The Hall–Kier alpha value is -3.14. The largest absolute Gasteiger partial charge is 0.494 e. The first-order valence-corrected chi connectivity index (χ1v) is 11.5. The Morgan fingerprint density at radius 1 is 1.12 bits per heavy atom. The highest BCUT2D eigenvalue weighted by Gasteiger charge is 2.24. The van der Waals surface area contributed by atoms with E-state index in [0.29, 0.717) is 16.9 Å². The molecule has 0 radical (unpaired) electrons. The molecule has 1 amide bonds. The highest BCUT2D eigenvalue weighted by atomic mass is 35.5. The fourth-order valence-corrected chi connectivity index (χ4v) is 5.19. The number of imidazole rings is 1. The molecule has 0 unspecified atom stereocenters. The maximum Gasteiger partial charge on any atom is 0.254 e. The fraction of sp³-hybridized carbons (Fsp3) is 0.0952. The molecule has 164 valence electrons. The van der Waals surface area contributed by atoms with E-state index in [9.17, 15) is 13.2 Å². The van der Waals surface area contributed by atoms with Crippen LogP contribution >= 0.6 is 23.2 Å². The summed E-state index contributed by atoms with van der Waals surface area (Å²) in [5.74, 6) is 0.277. The molecule has 0 spiro atoms. The van der Waals surface area contributed by atoms with E-state index < -0.39 is 9.84 Å². The van der Waals surface area contributed by atoms with E-state index in [2.05, 4.69) is 15.3 Å². The molecular formula is C21H16Cl2N4O4S. The maximum absolute atomic E-state index is 13.0. The Balaban J connectivity index is 1.49.